The lowest BCUT2D eigenvalue weighted by atomic mass is 10.1. The first kappa shape index (κ1) is 14.3. The average molecular weight is 278 g/mol. The second-order valence-electron chi connectivity index (χ2n) is 4.98. The molecule has 0 saturated carbocycles. The van der Waals surface area contributed by atoms with Crippen LogP contribution < -0.4 is 5.32 Å². The Morgan fingerprint density at radius 3 is 2.50 bits per heavy atom. The van der Waals surface area contributed by atoms with Crippen molar-refractivity contribution in [3.05, 3.63) is 29.3 Å². The van der Waals surface area contributed by atoms with Crippen LogP contribution in [0.15, 0.2) is 18.2 Å². The van der Waals surface area contributed by atoms with Gasteiger partial charge >= 0.3 is 12.0 Å². The highest BCUT2D eigenvalue weighted by Crippen LogP contribution is 2.17. The zero-order chi connectivity index (χ0) is 14.7. The number of amides is 2. The van der Waals surface area contributed by atoms with Gasteiger partial charge in [-0.3, -0.25) is 0 Å². The van der Waals surface area contributed by atoms with Crippen molar-refractivity contribution in [1.82, 2.24) is 4.90 Å². The maximum atomic E-state index is 12.0. The number of hydrogen-bond acceptors (Lipinski definition) is 3. The third-order valence-corrected chi connectivity index (χ3v) is 3.46. The maximum Gasteiger partial charge on any atom is 0.335 e. The number of aliphatic hydroxyl groups is 1. The number of aliphatic hydroxyl groups excluding tert-OH is 1. The Hall–Kier alpha value is -2.08. The molecule has 3 N–H and O–H groups in total. The number of carboxylic acid groups (broad SMARTS) is 1. The van der Waals surface area contributed by atoms with E-state index in [9.17, 15) is 14.7 Å². The van der Waals surface area contributed by atoms with Gasteiger partial charge in [0.15, 0.2) is 0 Å². The molecule has 1 aromatic carbocycles. The molecule has 1 aromatic rings. The number of benzene rings is 1. The summed E-state index contributed by atoms with van der Waals surface area (Å²) in [5, 5.41) is 21.1. The van der Waals surface area contributed by atoms with Gasteiger partial charge < -0.3 is 20.4 Å². The van der Waals surface area contributed by atoms with Gasteiger partial charge in [-0.15, -0.1) is 0 Å². The number of nitrogens with zero attached hydrogens (tertiary/aromatic N) is 1. The number of hydrogen-bond donors (Lipinski definition) is 3. The lowest BCUT2D eigenvalue weighted by molar-refractivity contribution is 0.0696. The summed E-state index contributed by atoms with van der Waals surface area (Å²) in [4.78, 5) is 24.6. The van der Waals surface area contributed by atoms with Crippen LogP contribution in [0.2, 0.25) is 0 Å². The number of nitrogens with one attached hydrogen (secondary N) is 1. The fraction of sp³-hybridized carbons (Fsp3) is 0.429. The molecule has 2 amide bonds. The normalized spacial score (nSPS) is 16.0. The molecule has 1 fully saturated rings. The largest absolute Gasteiger partial charge is 0.478 e. The molecule has 0 aliphatic carbocycles. The highest BCUT2D eigenvalue weighted by Gasteiger charge is 2.21. The predicted molar refractivity (Wildman–Crippen MR) is 74.0 cm³/mol. The van der Waals surface area contributed by atoms with Crippen molar-refractivity contribution in [3.8, 4) is 0 Å². The SMILES string of the molecule is Cc1cc(NC(=O)N2CCC(O)CC2)ccc1C(=O)O. The molecule has 108 valence electrons. The molecule has 0 unspecified atom stereocenters. The Balaban J connectivity index is 2.01. The van der Waals surface area contributed by atoms with E-state index in [4.69, 9.17) is 5.11 Å². The van der Waals surface area contributed by atoms with Crippen molar-refractivity contribution in [1.29, 1.82) is 0 Å². The highest BCUT2D eigenvalue weighted by molar-refractivity contribution is 5.92. The molecule has 0 spiro atoms. The minimum atomic E-state index is -0.981. The van der Waals surface area contributed by atoms with Crippen molar-refractivity contribution in [2.75, 3.05) is 18.4 Å². The quantitative estimate of drug-likeness (QED) is 0.767. The molecule has 0 radical (unpaired) electrons. The third-order valence-electron chi connectivity index (χ3n) is 3.46. The summed E-state index contributed by atoms with van der Waals surface area (Å²) in [6, 6.07) is 4.47. The van der Waals surface area contributed by atoms with E-state index in [2.05, 4.69) is 5.32 Å². The Labute approximate surface area is 117 Å². The first-order chi connectivity index (χ1) is 9.47. The van der Waals surface area contributed by atoms with Crippen LogP contribution in [-0.4, -0.2) is 46.3 Å². The monoisotopic (exact) mass is 278 g/mol. The summed E-state index contributed by atoms with van der Waals surface area (Å²) in [7, 11) is 0. The van der Waals surface area contributed by atoms with Gasteiger partial charge in [-0.25, -0.2) is 9.59 Å². The van der Waals surface area contributed by atoms with E-state index in [0.29, 0.717) is 37.2 Å². The average Bonchev–Trinajstić information content (AvgIpc) is 2.39. The number of anilines is 1. The molecule has 1 saturated heterocycles. The number of carboxylic acids is 1. The predicted octanol–water partition coefficient (Wildman–Crippen LogP) is 1.68. The molecular weight excluding hydrogens is 260 g/mol. The van der Waals surface area contributed by atoms with Gasteiger partial charge in [0.05, 0.1) is 11.7 Å². The first-order valence-corrected chi connectivity index (χ1v) is 6.55. The van der Waals surface area contributed by atoms with Crippen molar-refractivity contribution in [2.24, 2.45) is 0 Å². The third kappa shape index (κ3) is 3.27. The van der Waals surface area contributed by atoms with E-state index < -0.39 is 5.97 Å². The maximum absolute atomic E-state index is 12.0. The molecule has 1 heterocycles. The van der Waals surface area contributed by atoms with Crippen molar-refractivity contribution >= 4 is 17.7 Å². The van der Waals surface area contributed by atoms with E-state index >= 15 is 0 Å². The van der Waals surface area contributed by atoms with E-state index in [-0.39, 0.29) is 17.7 Å². The minimum absolute atomic E-state index is 0.223. The van der Waals surface area contributed by atoms with Gasteiger partial charge in [0, 0.05) is 18.8 Å². The van der Waals surface area contributed by atoms with E-state index in [1.165, 1.54) is 6.07 Å². The highest BCUT2D eigenvalue weighted by atomic mass is 16.4. The summed E-state index contributed by atoms with van der Waals surface area (Å²) < 4.78 is 0. The fourth-order valence-corrected chi connectivity index (χ4v) is 2.25. The lowest BCUT2D eigenvalue weighted by Gasteiger charge is -2.29. The molecule has 0 aromatic heterocycles. The molecule has 1 aliphatic rings. The molecule has 2 rings (SSSR count). The summed E-state index contributed by atoms with van der Waals surface area (Å²) >= 11 is 0. The number of aryl methyl sites for hydroxylation is 1. The Morgan fingerprint density at radius 1 is 1.30 bits per heavy atom. The van der Waals surface area contributed by atoms with Gasteiger partial charge in [0.25, 0.3) is 0 Å². The van der Waals surface area contributed by atoms with Gasteiger partial charge in [-0.05, 0) is 43.5 Å². The fourth-order valence-electron chi connectivity index (χ4n) is 2.25. The van der Waals surface area contributed by atoms with Crippen LogP contribution in [0.4, 0.5) is 10.5 Å². The van der Waals surface area contributed by atoms with Crippen LogP contribution in [0.25, 0.3) is 0 Å². The number of aromatic carboxylic acids is 1. The molecule has 6 nitrogen and oxygen atoms in total. The van der Waals surface area contributed by atoms with Crippen LogP contribution in [-0.2, 0) is 0 Å². The van der Waals surface area contributed by atoms with Crippen LogP contribution in [0.1, 0.15) is 28.8 Å². The molecule has 1 aliphatic heterocycles. The van der Waals surface area contributed by atoms with Crippen molar-refractivity contribution in [2.45, 2.75) is 25.9 Å². The zero-order valence-electron chi connectivity index (χ0n) is 11.3. The number of carbonyl (C=O) groups excluding carboxylic acids is 1. The van der Waals surface area contributed by atoms with Gasteiger partial charge in [0.1, 0.15) is 0 Å². The van der Waals surface area contributed by atoms with Crippen molar-refractivity contribution in [3.63, 3.8) is 0 Å². The molecule has 0 atom stereocenters. The van der Waals surface area contributed by atoms with Crippen LogP contribution in [0.5, 0.6) is 0 Å². The summed E-state index contributed by atoms with van der Waals surface area (Å²) in [6.45, 7) is 2.74. The first-order valence-electron chi connectivity index (χ1n) is 6.55. The van der Waals surface area contributed by atoms with Gasteiger partial charge in [-0.2, -0.15) is 0 Å². The van der Waals surface area contributed by atoms with E-state index in [1.54, 1.807) is 24.0 Å². The summed E-state index contributed by atoms with van der Waals surface area (Å²) in [5.74, 6) is -0.981. The smallest absolute Gasteiger partial charge is 0.335 e. The second-order valence-corrected chi connectivity index (χ2v) is 4.98. The minimum Gasteiger partial charge on any atom is -0.478 e. The lowest BCUT2D eigenvalue weighted by Crippen LogP contribution is -2.42. The summed E-state index contributed by atoms with van der Waals surface area (Å²) in [6.07, 6.45) is 0.852. The Morgan fingerprint density at radius 2 is 1.95 bits per heavy atom. The molecule has 20 heavy (non-hydrogen) atoms. The number of rotatable bonds is 2. The summed E-state index contributed by atoms with van der Waals surface area (Å²) in [5.41, 5.74) is 1.40. The van der Waals surface area contributed by atoms with Crippen molar-refractivity contribution < 1.29 is 19.8 Å². The number of carbonyl (C=O) groups is 2. The Kier molecular flexibility index (Phi) is 4.24. The molecular formula is C14H18N2O4. The van der Waals surface area contributed by atoms with Crippen LogP contribution >= 0.6 is 0 Å². The zero-order valence-corrected chi connectivity index (χ0v) is 11.3. The molecule has 6 heteroatoms. The number of piperidine rings is 1. The number of likely N-dealkylation sites (tertiary alicyclic amines) is 1. The van der Waals surface area contributed by atoms with Gasteiger partial charge in [0.2, 0.25) is 0 Å². The van der Waals surface area contributed by atoms with Gasteiger partial charge in [-0.1, -0.05) is 0 Å². The van der Waals surface area contributed by atoms with Crippen LogP contribution in [0.3, 0.4) is 0 Å². The second kappa shape index (κ2) is 5.92. The number of urea groups is 1. The topological polar surface area (TPSA) is 89.9 Å². The van der Waals surface area contributed by atoms with E-state index in [0.717, 1.165) is 0 Å². The van der Waals surface area contributed by atoms with E-state index in [1.807, 2.05) is 0 Å². The van der Waals surface area contributed by atoms with Crippen LogP contribution in [0, 0.1) is 6.92 Å². The standard InChI is InChI=1S/C14H18N2O4/c1-9-8-10(2-3-12(9)13(18)19)15-14(20)16-6-4-11(17)5-7-16/h2-3,8,11,17H,4-7H2,1H3,(H,15,20)(H,18,19). The Bertz CT molecular complexity index is 522. The molecule has 0 bridgehead atoms.